The van der Waals surface area contributed by atoms with Gasteiger partial charge in [-0.2, -0.15) is 0 Å². The van der Waals surface area contributed by atoms with Gasteiger partial charge in [0.05, 0.1) is 0 Å². The average Bonchev–Trinajstić information content (AvgIpc) is 2.99. The van der Waals surface area contributed by atoms with E-state index in [-0.39, 0.29) is 0 Å². The van der Waals surface area contributed by atoms with Crippen molar-refractivity contribution in [3.8, 4) is 22.3 Å². The lowest BCUT2D eigenvalue weighted by molar-refractivity contribution is 0.578. The molecule has 1 nitrogen and oxygen atoms in total. The second-order valence-corrected chi connectivity index (χ2v) is 6.62. The van der Waals surface area contributed by atoms with Gasteiger partial charge in [0.1, 0.15) is 11.3 Å². The van der Waals surface area contributed by atoms with E-state index in [0.29, 0.717) is 0 Å². The SMILES string of the molecule is C/C=C\c1c(C)oc2c(-c3ccccc3)ccc(-c3ccccc3C)c12. The molecule has 0 aliphatic heterocycles. The number of allylic oxidation sites excluding steroid dienone is 1. The van der Waals surface area contributed by atoms with Gasteiger partial charge in [-0.25, -0.2) is 0 Å². The maximum absolute atomic E-state index is 6.29. The van der Waals surface area contributed by atoms with Crippen molar-refractivity contribution in [2.45, 2.75) is 20.8 Å². The number of hydrogen-bond acceptors (Lipinski definition) is 1. The van der Waals surface area contributed by atoms with Gasteiger partial charge in [-0.15, -0.1) is 0 Å². The second kappa shape index (κ2) is 6.68. The quantitative estimate of drug-likeness (QED) is 0.379. The van der Waals surface area contributed by atoms with E-state index in [0.717, 1.165) is 16.9 Å². The summed E-state index contributed by atoms with van der Waals surface area (Å²) < 4.78 is 6.29. The minimum absolute atomic E-state index is 0.955. The van der Waals surface area contributed by atoms with Crippen LogP contribution in [0.1, 0.15) is 23.8 Å². The van der Waals surface area contributed by atoms with Crippen molar-refractivity contribution in [1.29, 1.82) is 0 Å². The van der Waals surface area contributed by atoms with Crippen LogP contribution in [-0.4, -0.2) is 0 Å². The molecule has 4 aromatic rings. The zero-order valence-corrected chi connectivity index (χ0v) is 15.4. The molecule has 3 aromatic carbocycles. The highest BCUT2D eigenvalue weighted by Crippen LogP contribution is 2.41. The van der Waals surface area contributed by atoms with Crippen molar-refractivity contribution < 1.29 is 4.42 Å². The van der Waals surface area contributed by atoms with Gasteiger partial charge in [-0.05, 0) is 49.1 Å². The number of fused-ring (bicyclic) bond motifs is 1. The Kier molecular flexibility index (Phi) is 4.22. The molecule has 0 saturated heterocycles. The first-order valence-electron chi connectivity index (χ1n) is 9.01. The summed E-state index contributed by atoms with van der Waals surface area (Å²) in [5.41, 5.74) is 8.19. The van der Waals surface area contributed by atoms with Crippen molar-refractivity contribution in [3.63, 3.8) is 0 Å². The Bertz CT molecular complexity index is 1100. The molecule has 0 N–H and O–H groups in total. The van der Waals surface area contributed by atoms with Gasteiger partial charge in [0.2, 0.25) is 0 Å². The number of aryl methyl sites for hydroxylation is 2. The fourth-order valence-corrected chi connectivity index (χ4v) is 3.65. The minimum atomic E-state index is 0.955. The topological polar surface area (TPSA) is 13.1 Å². The van der Waals surface area contributed by atoms with Gasteiger partial charge in [0.15, 0.2) is 0 Å². The van der Waals surface area contributed by atoms with Gasteiger partial charge in [-0.3, -0.25) is 0 Å². The predicted octanol–water partition coefficient (Wildman–Crippen LogP) is 7.42. The number of furan rings is 1. The normalized spacial score (nSPS) is 11.5. The van der Waals surface area contributed by atoms with E-state index in [1.54, 1.807) is 0 Å². The summed E-state index contributed by atoms with van der Waals surface area (Å²) in [7, 11) is 0. The summed E-state index contributed by atoms with van der Waals surface area (Å²) in [5.74, 6) is 0.955. The first-order chi connectivity index (χ1) is 12.7. The lowest BCUT2D eigenvalue weighted by Crippen LogP contribution is -1.87. The molecule has 0 aliphatic rings. The van der Waals surface area contributed by atoms with Gasteiger partial charge in [0.25, 0.3) is 0 Å². The highest BCUT2D eigenvalue weighted by Gasteiger charge is 2.18. The van der Waals surface area contributed by atoms with Crippen LogP contribution in [0.5, 0.6) is 0 Å². The molecular formula is C25H22O. The number of rotatable bonds is 3. The lowest BCUT2D eigenvalue weighted by atomic mass is 9.92. The fraction of sp³-hybridized carbons (Fsp3) is 0.120. The summed E-state index contributed by atoms with van der Waals surface area (Å²) in [4.78, 5) is 0. The van der Waals surface area contributed by atoms with Crippen LogP contribution in [0.15, 0.2) is 77.2 Å². The third kappa shape index (κ3) is 2.66. The van der Waals surface area contributed by atoms with E-state index in [9.17, 15) is 0 Å². The average molecular weight is 338 g/mol. The van der Waals surface area contributed by atoms with Crippen molar-refractivity contribution in [2.24, 2.45) is 0 Å². The van der Waals surface area contributed by atoms with E-state index >= 15 is 0 Å². The van der Waals surface area contributed by atoms with Crippen LogP contribution in [0.25, 0.3) is 39.3 Å². The van der Waals surface area contributed by atoms with Crippen molar-refractivity contribution in [1.82, 2.24) is 0 Å². The largest absolute Gasteiger partial charge is 0.460 e. The molecule has 0 radical (unpaired) electrons. The molecule has 0 atom stereocenters. The zero-order valence-electron chi connectivity index (χ0n) is 15.4. The fourth-order valence-electron chi connectivity index (χ4n) is 3.65. The molecule has 0 bridgehead atoms. The van der Waals surface area contributed by atoms with E-state index in [1.807, 2.05) is 19.9 Å². The Labute approximate surface area is 154 Å². The molecular weight excluding hydrogens is 316 g/mol. The van der Waals surface area contributed by atoms with Crippen LogP contribution < -0.4 is 0 Å². The monoisotopic (exact) mass is 338 g/mol. The Balaban J connectivity index is 2.11. The number of hydrogen-bond donors (Lipinski definition) is 0. The van der Waals surface area contributed by atoms with E-state index < -0.39 is 0 Å². The zero-order chi connectivity index (χ0) is 18.1. The highest BCUT2D eigenvalue weighted by atomic mass is 16.3. The van der Waals surface area contributed by atoms with Crippen molar-refractivity contribution >= 4 is 17.0 Å². The summed E-state index contributed by atoms with van der Waals surface area (Å²) in [6.07, 6.45) is 4.23. The standard InChI is InChI=1S/C25H22O/c1-4-10-21-18(3)26-25-22(19-12-6-5-7-13-19)15-16-23(24(21)25)20-14-9-8-11-17(20)2/h4-16H,1-3H3/b10-4-. The summed E-state index contributed by atoms with van der Waals surface area (Å²) >= 11 is 0. The Morgan fingerprint density at radius 3 is 2.15 bits per heavy atom. The summed E-state index contributed by atoms with van der Waals surface area (Å²) in [6.45, 7) is 6.26. The van der Waals surface area contributed by atoms with Gasteiger partial charge >= 0.3 is 0 Å². The molecule has 0 aliphatic carbocycles. The molecule has 4 rings (SSSR count). The molecule has 1 aromatic heterocycles. The molecule has 0 amide bonds. The van der Waals surface area contributed by atoms with E-state index in [2.05, 4.69) is 79.7 Å². The van der Waals surface area contributed by atoms with Crippen LogP contribution in [-0.2, 0) is 0 Å². The Hall–Kier alpha value is -3.06. The second-order valence-electron chi connectivity index (χ2n) is 6.62. The summed E-state index contributed by atoms with van der Waals surface area (Å²) in [6, 6.07) is 23.4. The van der Waals surface area contributed by atoms with Crippen LogP contribution >= 0.6 is 0 Å². The Morgan fingerprint density at radius 2 is 1.42 bits per heavy atom. The van der Waals surface area contributed by atoms with Crippen molar-refractivity contribution in [3.05, 3.63) is 89.7 Å². The summed E-state index contributed by atoms with van der Waals surface area (Å²) in [5, 5.41) is 1.19. The van der Waals surface area contributed by atoms with Crippen LogP contribution in [0.3, 0.4) is 0 Å². The van der Waals surface area contributed by atoms with Crippen molar-refractivity contribution in [2.75, 3.05) is 0 Å². The minimum Gasteiger partial charge on any atom is -0.460 e. The molecule has 0 saturated carbocycles. The maximum atomic E-state index is 6.29. The highest BCUT2D eigenvalue weighted by molar-refractivity contribution is 6.07. The third-order valence-corrected chi connectivity index (χ3v) is 4.91. The smallest absolute Gasteiger partial charge is 0.143 e. The van der Waals surface area contributed by atoms with Gasteiger partial charge < -0.3 is 4.42 Å². The molecule has 0 fully saturated rings. The molecule has 0 unspecified atom stereocenters. The van der Waals surface area contributed by atoms with Gasteiger partial charge in [-0.1, -0.05) is 72.8 Å². The first kappa shape index (κ1) is 16.4. The molecule has 1 heterocycles. The Morgan fingerprint density at radius 1 is 0.731 bits per heavy atom. The van der Waals surface area contributed by atoms with Crippen LogP contribution in [0, 0.1) is 13.8 Å². The predicted molar refractivity (Wildman–Crippen MR) is 111 cm³/mol. The van der Waals surface area contributed by atoms with Crippen LogP contribution in [0.2, 0.25) is 0 Å². The number of benzene rings is 3. The maximum Gasteiger partial charge on any atom is 0.143 e. The molecule has 128 valence electrons. The van der Waals surface area contributed by atoms with E-state index in [1.165, 1.54) is 33.2 Å². The van der Waals surface area contributed by atoms with E-state index in [4.69, 9.17) is 4.42 Å². The third-order valence-electron chi connectivity index (χ3n) is 4.91. The molecule has 26 heavy (non-hydrogen) atoms. The molecule has 0 spiro atoms. The van der Waals surface area contributed by atoms with Gasteiger partial charge in [0, 0.05) is 16.5 Å². The molecule has 1 heteroatoms. The van der Waals surface area contributed by atoms with Crippen LogP contribution in [0.4, 0.5) is 0 Å². The first-order valence-corrected chi connectivity index (χ1v) is 9.01. The lowest BCUT2D eigenvalue weighted by Gasteiger charge is -2.11.